The van der Waals surface area contributed by atoms with Crippen molar-refractivity contribution in [3.63, 3.8) is 0 Å². The molecular formula is C11H21NO. The van der Waals surface area contributed by atoms with Gasteiger partial charge >= 0.3 is 0 Å². The second-order valence-corrected chi connectivity index (χ2v) is 4.85. The third kappa shape index (κ3) is 3.39. The predicted octanol–water partition coefficient (Wildman–Crippen LogP) is 2.31. The number of hydrogen-bond acceptors (Lipinski definition) is 2. The molecule has 0 radical (unpaired) electrons. The Labute approximate surface area is 81.4 Å². The van der Waals surface area contributed by atoms with E-state index in [1.807, 2.05) is 7.05 Å². The summed E-state index contributed by atoms with van der Waals surface area (Å²) in [6.07, 6.45) is 4.39. The van der Waals surface area contributed by atoms with Crippen molar-refractivity contribution >= 4 is 0 Å². The zero-order valence-electron chi connectivity index (χ0n) is 9.18. The van der Waals surface area contributed by atoms with E-state index < -0.39 is 0 Å². The van der Waals surface area contributed by atoms with Gasteiger partial charge in [-0.2, -0.15) is 0 Å². The van der Waals surface area contributed by atoms with Gasteiger partial charge in [-0.3, -0.25) is 0 Å². The summed E-state index contributed by atoms with van der Waals surface area (Å²) in [5.41, 5.74) is 0.348. The fourth-order valence-electron chi connectivity index (χ4n) is 1.64. The molecule has 1 N–H and O–H groups in total. The van der Waals surface area contributed by atoms with Crippen molar-refractivity contribution in [2.24, 2.45) is 5.41 Å². The van der Waals surface area contributed by atoms with Gasteiger partial charge < -0.3 is 10.1 Å². The molecule has 0 fully saturated rings. The first-order valence-corrected chi connectivity index (χ1v) is 5.03. The van der Waals surface area contributed by atoms with Crippen LogP contribution in [0.3, 0.4) is 0 Å². The highest BCUT2D eigenvalue weighted by molar-refractivity contribution is 5.07. The van der Waals surface area contributed by atoms with Crippen LogP contribution >= 0.6 is 0 Å². The summed E-state index contributed by atoms with van der Waals surface area (Å²) >= 11 is 0. The molecule has 1 aliphatic heterocycles. The van der Waals surface area contributed by atoms with E-state index in [0.29, 0.717) is 11.5 Å². The lowest BCUT2D eigenvalue weighted by Gasteiger charge is -2.26. The van der Waals surface area contributed by atoms with Gasteiger partial charge in [0.25, 0.3) is 0 Å². The van der Waals surface area contributed by atoms with Crippen LogP contribution in [0.15, 0.2) is 11.8 Å². The van der Waals surface area contributed by atoms with E-state index >= 15 is 0 Å². The van der Waals surface area contributed by atoms with Crippen molar-refractivity contribution in [1.29, 1.82) is 0 Å². The summed E-state index contributed by atoms with van der Waals surface area (Å²) in [6, 6.07) is 0.391. The van der Waals surface area contributed by atoms with Gasteiger partial charge in [0.1, 0.15) is 5.76 Å². The van der Waals surface area contributed by atoms with E-state index in [1.54, 1.807) is 0 Å². The van der Waals surface area contributed by atoms with Gasteiger partial charge in [0.05, 0.1) is 12.6 Å². The first-order valence-electron chi connectivity index (χ1n) is 5.03. The SMILES string of the molecule is CNC(CC(C)(C)C)C1=CCCO1. The molecule has 1 rings (SSSR count). The van der Waals surface area contributed by atoms with Crippen LogP contribution in [0.4, 0.5) is 0 Å². The molecule has 0 aliphatic carbocycles. The number of nitrogens with one attached hydrogen (secondary N) is 1. The highest BCUT2D eigenvalue weighted by Gasteiger charge is 2.23. The summed E-state index contributed by atoms with van der Waals surface area (Å²) in [5.74, 6) is 1.14. The van der Waals surface area contributed by atoms with Gasteiger partial charge in [0.15, 0.2) is 0 Å². The minimum atomic E-state index is 0.348. The fraction of sp³-hybridized carbons (Fsp3) is 0.818. The minimum Gasteiger partial charge on any atom is -0.496 e. The van der Waals surface area contributed by atoms with Crippen LogP contribution in [0, 0.1) is 5.41 Å². The zero-order valence-corrected chi connectivity index (χ0v) is 9.18. The second-order valence-electron chi connectivity index (χ2n) is 4.85. The quantitative estimate of drug-likeness (QED) is 0.725. The van der Waals surface area contributed by atoms with Crippen molar-refractivity contribution in [2.45, 2.75) is 39.7 Å². The van der Waals surface area contributed by atoms with Crippen LogP contribution in [0.25, 0.3) is 0 Å². The normalized spacial score (nSPS) is 19.5. The monoisotopic (exact) mass is 183 g/mol. The molecule has 0 aromatic rings. The lowest BCUT2D eigenvalue weighted by atomic mass is 9.87. The maximum Gasteiger partial charge on any atom is 0.109 e. The van der Waals surface area contributed by atoms with Gasteiger partial charge in [-0.25, -0.2) is 0 Å². The largest absolute Gasteiger partial charge is 0.496 e. The maximum absolute atomic E-state index is 5.55. The Kier molecular flexibility index (Phi) is 3.37. The first kappa shape index (κ1) is 10.6. The molecule has 0 bridgehead atoms. The Morgan fingerprint density at radius 1 is 1.54 bits per heavy atom. The standard InChI is InChI=1S/C11H21NO/c1-11(2,3)8-9(12-4)10-6-5-7-13-10/h6,9,12H,5,7-8H2,1-4H3. The summed E-state index contributed by atoms with van der Waals surface area (Å²) in [4.78, 5) is 0. The molecule has 0 aromatic carbocycles. The molecule has 2 heteroatoms. The van der Waals surface area contributed by atoms with Gasteiger partial charge in [0.2, 0.25) is 0 Å². The Balaban J connectivity index is 2.52. The van der Waals surface area contributed by atoms with Crippen LogP contribution < -0.4 is 5.32 Å². The van der Waals surface area contributed by atoms with E-state index in [4.69, 9.17) is 4.74 Å². The molecular weight excluding hydrogens is 162 g/mol. The molecule has 1 atom stereocenters. The molecule has 2 nitrogen and oxygen atoms in total. The minimum absolute atomic E-state index is 0.348. The molecule has 1 aliphatic rings. The average Bonchev–Trinajstić information content (AvgIpc) is 2.50. The third-order valence-electron chi connectivity index (χ3n) is 2.24. The first-order chi connectivity index (χ1) is 6.03. The predicted molar refractivity (Wildman–Crippen MR) is 55.6 cm³/mol. The molecule has 0 amide bonds. The smallest absolute Gasteiger partial charge is 0.109 e. The molecule has 0 spiro atoms. The molecule has 0 aromatic heterocycles. The summed E-state index contributed by atoms with van der Waals surface area (Å²) in [5, 5.41) is 3.31. The Morgan fingerprint density at radius 3 is 2.62 bits per heavy atom. The van der Waals surface area contributed by atoms with Crippen molar-refractivity contribution in [2.75, 3.05) is 13.7 Å². The van der Waals surface area contributed by atoms with E-state index in [0.717, 1.165) is 25.2 Å². The third-order valence-corrected chi connectivity index (χ3v) is 2.24. The Hall–Kier alpha value is -0.500. The second kappa shape index (κ2) is 4.14. The fourth-order valence-corrected chi connectivity index (χ4v) is 1.64. The van der Waals surface area contributed by atoms with Gasteiger partial charge in [-0.1, -0.05) is 20.8 Å². The zero-order chi connectivity index (χ0) is 9.90. The number of hydrogen-bond donors (Lipinski definition) is 1. The lowest BCUT2D eigenvalue weighted by molar-refractivity contribution is 0.196. The highest BCUT2D eigenvalue weighted by atomic mass is 16.5. The van der Waals surface area contributed by atoms with Crippen molar-refractivity contribution in [3.8, 4) is 0 Å². The number of ether oxygens (including phenoxy) is 1. The summed E-state index contributed by atoms with van der Waals surface area (Å²) < 4.78 is 5.55. The average molecular weight is 183 g/mol. The van der Waals surface area contributed by atoms with Crippen LogP contribution in [0.1, 0.15) is 33.6 Å². The Bertz CT molecular complexity index is 191. The molecule has 0 saturated heterocycles. The number of rotatable bonds is 3. The van der Waals surface area contributed by atoms with Crippen molar-refractivity contribution in [3.05, 3.63) is 11.8 Å². The van der Waals surface area contributed by atoms with E-state index in [-0.39, 0.29) is 0 Å². The molecule has 13 heavy (non-hydrogen) atoms. The Morgan fingerprint density at radius 2 is 2.23 bits per heavy atom. The van der Waals surface area contributed by atoms with Crippen LogP contribution in [-0.4, -0.2) is 19.7 Å². The van der Waals surface area contributed by atoms with Crippen molar-refractivity contribution < 1.29 is 4.74 Å². The van der Waals surface area contributed by atoms with E-state index in [9.17, 15) is 0 Å². The summed E-state index contributed by atoms with van der Waals surface area (Å²) in [6.45, 7) is 7.63. The highest BCUT2D eigenvalue weighted by Crippen LogP contribution is 2.26. The number of likely N-dealkylation sites (N-methyl/N-ethyl adjacent to an activating group) is 1. The topological polar surface area (TPSA) is 21.3 Å². The molecule has 1 unspecified atom stereocenters. The maximum atomic E-state index is 5.55. The molecule has 1 heterocycles. The molecule has 0 saturated carbocycles. The van der Waals surface area contributed by atoms with E-state index in [1.165, 1.54) is 0 Å². The van der Waals surface area contributed by atoms with Crippen LogP contribution in [-0.2, 0) is 4.74 Å². The lowest BCUT2D eigenvalue weighted by Crippen LogP contribution is -2.32. The summed E-state index contributed by atoms with van der Waals surface area (Å²) in [7, 11) is 2.00. The molecule has 76 valence electrons. The van der Waals surface area contributed by atoms with Gasteiger partial charge in [0, 0.05) is 6.42 Å². The van der Waals surface area contributed by atoms with Crippen LogP contribution in [0.2, 0.25) is 0 Å². The van der Waals surface area contributed by atoms with Crippen LogP contribution in [0.5, 0.6) is 0 Å². The van der Waals surface area contributed by atoms with Crippen molar-refractivity contribution in [1.82, 2.24) is 5.32 Å². The van der Waals surface area contributed by atoms with Gasteiger partial charge in [-0.15, -0.1) is 0 Å². The van der Waals surface area contributed by atoms with Gasteiger partial charge in [-0.05, 0) is 25.0 Å². The van der Waals surface area contributed by atoms with E-state index in [2.05, 4.69) is 32.2 Å².